The average molecular weight is 266 g/mol. The van der Waals surface area contributed by atoms with Crippen LogP contribution in [0.4, 0.5) is 4.79 Å². The van der Waals surface area contributed by atoms with Gasteiger partial charge in [0.1, 0.15) is 6.04 Å². The van der Waals surface area contributed by atoms with Crippen LogP contribution in [0.25, 0.3) is 0 Å². The van der Waals surface area contributed by atoms with Gasteiger partial charge < -0.3 is 25.2 Å². The van der Waals surface area contributed by atoms with Gasteiger partial charge in [-0.05, 0) is 24.6 Å². The monoisotopic (exact) mass is 266 g/mol. The highest BCUT2D eigenvalue weighted by atomic mass is 16.7. The van der Waals surface area contributed by atoms with E-state index in [0.29, 0.717) is 11.5 Å². The van der Waals surface area contributed by atoms with E-state index in [0.717, 1.165) is 5.56 Å². The molecule has 0 spiro atoms. The summed E-state index contributed by atoms with van der Waals surface area (Å²) in [6.07, 6.45) is 0. The predicted octanol–water partition coefficient (Wildman–Crippen LogP) is 0.688. The second-order valence-corrected chi connectivity index (χ2v) is 4.07. The van der Waals surface area contributed by atoms with Crippen LogP contribution >= 0.6 is 0 Å². The van der Waals surface area contributed by atoms with Crippen molar-refractivity contribution in [1.82, 2.24) is 10.6 Å². The fourth-order valence-corrected chi connectivity index (χ4v) is 1.54. The molecule has 0 unspecified atom stereocenters. The van der Waals surface area contributed by atoms with E-state index in [1.54, 1.807) is 18.2 Å². The van der Waals surface area contributed by atoms with Gasteiger partial charge in [-0.1, -0.05) is 6.07 Å². The van der Waals surface area contributed by atoms with E-state index in [2.05, 4.69) is 10.6 Å². The van der Waals surface area contributed by atoms with Crippen LogP contribution in [-0.2, 0) is 11.3 Å². The van der Waals surface area contributed by atoms with Crippen molar-refractivity contribution in [1.29, 1.82) is 0 Å². The smallest absolute Gasteiger partial charge is 0.325 e. The molecule has 2 amide bonds. The number of hydrogen-bond donors (Lipinski definition) is 3. The van der Waals surface area contributed by atoms with Crippen molar-refractivity contribution in [3.63, 3.8) is 0 Å². The lowest BCUT2D eigenvalue weighted by Gasteiger charge is -2.10. The quantitative estimate of drug-likeness (QED) is 0.745. The molecule has 19 heavy (non-hydrogen) atoms. The molecule has 7 nitrogen and oxygen atoms in total. The summed E-state index contributed by atoms with van der Waals surface area (Å²) in [6, 6.07) is 3.86. The van der Waals surface area contributed by atoms with Crippen LogP contribution in [0, 0.1) is 0 Å². The van der Waals surface area contributed by atoms with Gasteiger partial charge in [-0.25, -0.2) is 4.79 Å². The van der Waals surface area contributed by atoms with Crippen molar-refractivity contribution in [2.75, 3.05) is 6.79 Å². The number of aliphatic carboxylic acids is 1. The third kappa shape index (κ3) is 3.27. The van der Waals surface area contributed by atoms with Gasteiger partial charge in [0.2, 0.25) is 6.79 Å². The number of benzene rings is 1. The number of rotatable bonds is 4. The van der Waals surface area contributed by atoms with Gasteiger partial charge in [0.25, 0.3) is 0 Å². The highest BCUT2D eigenvalue weighted by Crippen LogP contribution is 2.32. The van der Waals surface area contributed by atoms with Crippen molar-refractivity contribution >= 4 is 12.0 Å². The molecule has 2 rings (SSSR count). The van der Waals surface area contributed by atoms with Crippen molar-refractivity contribution in [3.8, 4) is 11.5 Å². The van der Waals surface area contributed by atoms with Crippen LogP contribution < -0.4 is 20.1 Å². The van der Waals surface area contributed by atoms with Gasteiger partial charge in [-0.3, -0.25) is 4.79 Å². The number of fused-ring (bicyclic) bond motifs is 1. The lowest BCUT2D eigenvalue weighted by atomic mass is 10.2. The minimum absolute atomic E-state index is 0.197. The number of hydrogen-bond acceptors (Lipinski definition) is 4. The molecule has 0 fully saturated rings. The molecule has 0 saturated carbocycles. The standard InChI is InChI=1S/C12H14N2O5/c1-7(11(15)16)14-12(17)13-5-8-2-3-9-10(4-8)19-6-18-9/h2-4,7H,5-6H2,1H3,(H,15,16)(H2,13,14,17)/t7-/m0/s1. The Morgan fingerprint density at radius 1 is 1.37 bits per heavy atom. The van der Waals surface area contributed by atoms with Crippen LogP contribution in [0.15, 0.2) is 18.2 Å². The topological polar surface area (TPSA) is 96.9 Å². The number of carboxylic acids is 1. The first kappa shape index (κ1) is 13.0. The highest BCUT2D eigenvalue weighted by Gasteiger charge is 2.15. The highest BCUT2D eigenvalue weighted by molar-refractivity contribution is 5.82. The zero-order valence-electron chi connectivity index (χ0n) is 10.3. The Hall–Kier alpha value is -2.44. The SMILES string of the molecule is C[C@H](NC(=O)NCc1ccc2c(c1)OCO2)C(=O)O. The maximum atomic E-state index is 11.4. The Balaban J connectivity index is 1.85. The van der Waals surface area contributed by atoms with Crippen molar-refractivity contribution in [2.45, 2.75) is 19.5 Å². The molecule has 1 aliphatic heterocycles. The summed E-state index contributed by atoms with van der Waals surface area (Å²) in [7, 11) is 0. The lowest BCUT2D eigenvalue weighted by molar-refractivity contribution is -0.138. The molecule has 7 heteroatoms. The molecule has 1 aromatic rings. The summed E-state index contributed by atoms with van der Waals surface area (Å²) in [5, 5.41) is 13.5. The molecular weight excluding hydrogens is 252 g/mol. The van der Waals surface area contributed by atoms with E-state index >= 15 is 0 Å². The van der Waals surface area contributed by atoms with Gasteiger partial charge >= 0.3 is 12.0 Å². The summed E-state index contributed by atoms with van der Waals surface area (Å²) in [4.78, 5) is 22.0. The first-order valence-electron chi connectivity index (χ1n) is 5.72. The summed E-state index contributed by atoms with van der Waals surface area (Å²) in [5.41, 5.74) is 0.836. The molecule has 1 heterocycles. The Kier molecular flexibility index (Phi) is 3.74. The summed E-state index contributed by atoms with van der Waals surface area (Å²) < 4.78 is 10.4. The number of carboxylic acid groups (broad SMARTS) is 1. The third-order valence-corrected chi connectivity index (χ3v) is 2.61. The van der Waals surface area contributed by atoms with Gasteiger partial charge in [0.15, 0.2) is 11.5 Å². The molecule has 0 aliphatic carbocycles. The molecule has 0 aromatic heterocycles. The zero-order chi connectivity index (χ0) is 13.8. The number of nitrogens with one attached hydrogen (secondary N) is 2. The average Bonchev–Trinajstić information content (AvgIpc) is 2.83. The minimum Gasteiger partial charge on any atom is -0.480 e. The fourth-order valence-electron chi connectivity index (χ4n) is 1.54. The molecular formula is C12H14N2O5. The molecule has 1 aliphatic rings. The number of carbonyl (C=O) groups is 2. The third-order valence-electron chi connectivity index (χ3n) is 2.61. The fraction of sp³-hybridized carbons (Fsp3) is 0.333. The lowest BCUT2D eigenvalue weighted by Crippen LogP contribution is -2.44. The molecule has 102 valence electrons. The van der Waals surface area contributed by atoms with E-state index in [-0.39, 0.29) is 13.3 Å². The number of amides is 2. The van der Waals surface area contributed by atoms with Crippen LogP contribution in [0.5, 0.6) is 11.5 Å². The van der Waals surface area contributed by atoms with E-state index in [4.69, 9.17) is 14.6 Å². The predicted molar refractivity (Wildman–Crippen MR) is 65.0 cm³/mol. The largest absolute Gasteiger partial charge is 0.480 e. The second kappa shape index (κ2) is 5.47. The van der Waals surface area contributed by atoms with Crippen molar-refractivity contribution in [2.24, 2.45) is 0 Å². The summed E-state index contributed by atoms with van der Waals surface area (Å²) in [5.74, 6) is 0.226. The van der Waals surface area contributed by atoms with Crippen LogP contribution in [0.2, 0.25) is 0 Å². The molecule has 1 aromatic carbocycles. The Bertz CT molecular complexity index is 503. The molecule has 3 N–H and O–H groups in total. The first-order chi connectivity index (χ1) is 9.06. The minimum atomic E-state index is -1.08. The van der Waals surface area contributed by atoms with E-state index < -0.39 is 18.0 Å². The molecule has 0 radical (unpaired) electrons. The van der Waals surface area contributed by atoms with Crippen LogP contribution in [-0.4, -0.2) is 29.9 Å². The maximum Gasteiger partial charge on any atom is 0.325 e. The summed E-state index contributed by atoms with van der Waals surface area (Å²) >= 11 is 0. The normalized spacial score (nSPS) is 13.7. The molecule has 1 atom stereocenters. The van der Waals surface area contributed by atoms with Crippen LogP contribution in [0.1, 0.15) is 12.5 Å². The maximum absolute atomic E-state index is 11.4. The van der Waals surface area contributed by atoms with Gasteiger partial charge in [-0.15, -0.1) is 0 Å². The number of ether oxygens (including phenoxy) is 2. The summed E-state index contributed by atoms with van der Waals surface area (Å²) in [6.45, 7) is 1.86. The van der Waals surface area contributed by atoms with Gasteiger partial charge in [0, 0.05) is 6.54 Å². The van der Waals surface area contributed by atoms with Crippen molar-refractivity contribution in [3.05, 3.63) is 23.8 Å². The second-order valence-electron chi connectivity index (χ2n) is 4.07. The zero-order valence-corrected chi connectivity index (χ0v) is 10.3. The van der Waals surface area contributed by atoms with Gasteiger partial charge in [-0.2, -0.15) is 0 Å². The van der Waals surface area contributed by atoms with Crippen LogP contribution in [0.3, 0.4) is 0 Å². The van der Waals surface area contributed by atoms with E-state index in [1.807, 2.05) is 0 Å². The molecule has 0 saturated heterocycles. The Labute approximate surface area is 109 Å². The number of urea groups is 1. The first-order valence-corrected chi connectivity index (χ1v) is 5.72. The van der Waals surface area contributed by atoms with E-state index in [9.17, 15) is 9.59 Å². The van der Waals surface area contributed by atoms with E-state index in [1.165, 1.54) is 6.92 Å². The Morgan fingerprint density at radius 3 is 2.84 bits per heavy atom. The number of carbonyl (C=O) groups excluding carboxylic acids is 1. The van der Waals surface area contributed by atoms with Crippen molar-refractivity contribution < 1.29 is 24.2 Å². The Morgan fingerprint density at radius 2 is 2.11 bits per heavy atom. The molecule has 0 bridgehead atoms. The van der Waals surface area contributed by atoms with Gasteiger partial charge in [0.05, 0.1) is 0 Å².